The van der Waals surface area contributed by atoms with Gasteiger partial charge in [0, 0.05) is 25.8 Å². The molecule has 0 aromatic heterocycles. The van der Waals surface area contributed by atoms with Gasteiger partial charge in [0.1, 0.15) is 9.52 Å². The van der Waals surface area contributed by atoms with Crippen molar-refractivity contribution in [2.75, 3.05) is 6.54 Å². The Kier molecular flexibility index (Phi) is 22.3. The summed E-state index contributed by atoms with van der Waals surface area (Å²) in [5.41, 5.74) is 10.7. The summed E-state index contributed by atoms with van der Waals surface area (Å²) in [6.07, 6.45) is 4.34. The topological polar surface area (TPSA) is 23.8 Å². The number of allylic oxidation sites excluding steroid dienone is 4. The minimum absolute atomic E-state index is 0. The van der Waals surface area contributed by atoms with Gasteiger partial charge < -0.3 is 5.73 Å². The Morgan fingerprint density at radius 1 is 0.862 bits per heavy atom. The summed E-state index contributed by atoms with van der Waals surface area (Å²) in [4.78, 5) is 0. The van der Waals surface area contributed by atoms with E-state index in [2.05, 4.69) is 94.4 Å². The Morgan fingerprint density at radius 3 is 1.45 bits per heavy atom. The monoisotopic (exact) mass is 614 g/mol. The predicted molar refractivity (Wildman–Crippen MR) is 133 cm³/mol. The zero-order valence-electron chi connectivity index (χ0n) is 18.2. The molecule has 2 aromatic carbocycles. The van der Waals surface area contributed by atoms with Crippen molar-refractivity contribution in [2.45, 2.75) is 41.0 Å². The van der Waals surface area contributed by atoms with E-state index in [1.54, 1.807) is 0 Å². The molecular weight excluding hydrogens is 580 g/mol. The largest absolute Gasteiger partial charge is 0.677 e. The first-order valence-corrected chi connectivity index (χ1v) is 10.5. The van der Waals surface area contributed by atoms with Crippen LogP contribution in [0, 0.1) is 12.0 Å². The van der Waals surface area contributed by atoms with Gasteiger partial charge in [-0.05, 0) is 0 Å². The number of hydrogen-bond donors (Lipinski definition) is 0. The molecule has 0 aliphatic heterocycles. The third-order valence-corrected chi connectivity index (χ3v) is 5.86. The van der Waals surface area contributed by atoms with Gasteiger partial charge in [-0.2, -0.15) is 17.7 Å². The maximum Gasteiger partial charge on any atom is 0.103 e. The molecular formula is C24H34Cl2HfNSi-2. The number of nitrogens with one attached hydrogen (secondary N) is 1. The molecule has 159 valence electrons. The Morgan fingerprint density at radius 2 is 1.24 bits per heavy atom. The van der Waals surface area contributed by atoms with Crippen LogP contribution in [-0.4, -0.2) is 16.1 Å². The number of hydrogen-bond acceptors (Lipinski definition) is 0. The fourth-order valence-corrected chi connectivity index (χ4v) is 3.67. The van der Waals surface area contributed by atoms with Crippen LogP contribution in [0.5, 0.6) is 0 Å². The molecule has 0 bridgehead atoms. The standard InChI is InChI=1S/C12H11Si.C9H13.C3H8N.2ClH.Hf/c1-3-7-11(8-4-1)13-12-9-5-2-6-10-12;1-6-5-7(2)9(4)8(6)3;1-2-3-4;;;/h1-10,13H;6H,1-4H3;4H,2-3H2,1H3;2*1H;/q;2*-1;;;. The van der Waals surface area contributed by atoms with Crippen molar-refractivity contribution >= 4 is 44.7 Å². The molecule has 1 aliphatic rings. The molecule has 0 amide bonds. The Bertz CT molecular complexity index is 664. The minimum atomic E-state index is 0. The van der Waals surface area contributed by atoms with E-state index in [0.717, 1.165) is 6.42 Å². The van der Waals surface area contributed by atoms with Crippen LogP contribution < -0.4 is 10.4 Å². The summed E-state index contributed by atoms with van der Waals surface area (Å²) in [7, 11) is 0.271. The Hall–Kier alpha value is -0.453. The van der Waals surface area contributed by atoms with Crippen LogP contribution in [0.4, 0.5) is 0 Å². The van der Waals surface area contributed by atoms with E-state index in [4.69, 9.17) is 5.73 Å². The SMILES string of the molecule is CC1=[C-]C(C)C(C)=C1C.CCC[NH-].Cl.Cl.[Hf].c1ccc([SiH]c2ccccc2)cc1. The summed E-state index contributed by atoms with van der Waals surface area (Å²) in [5, 5.41) is 2.90. The van der Waals surface area contributed by atoms with Crippen LogP contribution in [-0.2, 0) is 25.8 Å². The van der Waals surface area contributed by atoms with Crippen LogP contribution in [0.25, 0.3) is 5.73 Å². The Labute approximate surface area is 212 Å². The average Bonchev–Trinajstić information content (AvgIpc) is 2.90. The first-order chi connectivity index (χ1) is 12.5. The molecule has 1 nitrogen and oxygen atoms in total. The van der Waals surface area contributed by atoms with Crippen molar-refractivity contribution < 1.29 is 25.8 Å². The molecule has 1 N–H and O–H groups in total. The summed E-state index contributed by atoms with van der Waals surface area (Å²) < 4.78 is 0. The molecule has 1 aliphatic carbocycles. The van der Waals surface area contributed by atoms with Gasteiger partial charge in [-0.15, -0.1) is 31.7 Å². The zero-order chi connectivity index (χ0) is 19.4. The van der Waals surface area contributed by atoms with E-state index >= 15 is 0 Å². The second kappa shape index (κ2) is 19.5. The summed E-state index contributed by atoms with van der Waals surface area (Å²) in [6, 6.07) is 21.3. The van der Waals surface area contributed by atoms with Gasteiger partial charge in [-0.3, -0.25) is 6.08 Å². The molecule has 0 saturated carbocycles. The van der Waals surface area contributed by atoms with E-state index in [9.17, 15) is 0 Å². The van der Waals surface area contributed by atoms with E-state index < -0.39 is 0 Å². The van der Waals surface area contributed by atoms with Crippen molar-refractivity contribution in [2.24, 2.45) is 5.92 Å². The maximum atomic E-state index is 6.45. The van der Waals surface area contributed by atoms with Gasteiger partial charge in [-0.1, -0.05) is 111 Å². The summed E-state index contributed by atoms with van der Waals surface area (Å²) in [6.45, 7) is 11.2. The first kappa shape index (κ1) is 33.2. The van der Waals surface area contributed by atoms with E-state index in [1.165, 1.54) is 27.1 Å². The molecule has 0 fully saturated rings. The average molecular weight is 614 g/mol. The van der Waals surface area contributed by atoms with Crippen LogP contribution >= 0.6 is 24.8 Å². The molecule has 0 spiro atoms. The fourth-order valence-electron chi connectivity index (χ4n) is 2.45. The van der Waals surface area contributed by atoms with E-state index in [1.807, 2.05) is 6.92 Å². The molecule has 0 saturated heterocycles. The van der Waals surface area contributed by atoms with Crippen LogP contribution in [0.15, 0.2) is 77.4 Å². The predicted octanol–water partition coefficient (Wildman–Crippen LogP) is 6.09. The van der Waals surface area contributed by atoms with Crippen molar-refractivity contribution in [3.05, 3.63) is 89.2 Å². The molecule has 5 heteroatoms. The first-order valence-electron chi connectivity index (χ1n) is 9.36. The fraction of sp³-hybridized carbons (Fsp3) is 0.333. The summed E-state index contributed by atoms with van der Waals surface area (Å²) in [5.74, 6) is 0.560. The van der Waals surface area contributed by atoms with E-state index in [-0.39, 0.29) is 60.2 Å². The zero-order valence-corrected chi connectivity index (χ0v) is 24.5. The normalized spacial score (nSPS) is 13.9. The van der Waals surface area contributed by atoms with Gasteiger partial charge in [-0.25, -0.2) is 5.57 Å². The van der Waals surface area contributed by atoms with Crippen LogP contribution in [0.2, 0.25) is 0 Å². The molecule has 1 radical (unpaired) electrons. The second-order valence-corrected chi connectivity index (χ2v) is 8.14. The van der Waals surface area contributed by atoms with Crippen molar-refractivity contribution in [1.82, 2.24) is 0 Å². The number of halogens is 2. The third-order valence-electron chi connectivity index (χ3n) is 4.42. The second-order valence-electron chi connectivity index (χ2n) is 6.51. The molecule has 1 atom stereocenters. The molecule has 0 heterocycles. The van der Waals surface area contributed by atoms with Gasteiger partial charge in [0.2, 0.25) is 0 Å². The smallest absolute Gasteiger partial charge is 0.103 e. The van der Waals surface area contributed by atoms with Gasteiger partial charge >= 0.3 is 0 Å². The van der Waals surface area contributed by atoms with Crippen LogP contribution in [0.3, 0.4) is 0 Å². The van der Waals surface area contributed by atoms with E-state index in [0.29, 0.717) is 12.5 Å². The number of rotatable bonds is 3. The van der Waals surface area contributed by atoms with Crippen molar-refractivity contribution in [3.63, 3.8) is 0 Å². The van der Waals surface area contributed by atoms with Crippen molar-refractivity contribution in [3.8, 4) is 0 Å². The molecule has 3 rings (SSSR count). The molecule has 29 heavy (non-hydrogen) atoms. The van der Waals surface area contributed by atoms with Gasteiger partial charge in [0.15, 0.2) is 0 Å². The number of benzene rings is 2. The minimum Gasteiger partial charge on any atom is -0.677 e. The maximum absolute atomic E-state index is 6.45. The summed E-state index contributed by atoms with van der Waals surface area (Å²) >= 11 is 0. The van der Waals surface area contributed by atoms with Crippen LogP contribution in [0.1, 0.15) is 41.0 Å². The Balaban J connectivity index is -0.000000376. The molecule has 2 aromatic rings. The van der Waals surface area contributed by atoms with Gasteiger partial charge in [0.05, 0.1) is 0 Å². The molecule has 1 unspecified atom stereocenters. The quantitative estimate of drug-likeness (QED) is 0.296. The van der Waals surface area contributed by atoms with Crippen molar-refractivity contribution in [1.29, 1.82) is 0 Å². The van der Waals surface area contributed by atoms with Gasteiger partial charge in [0.25, 0.3) is 0 Å². The third kappa shape index (κ3) is 13.5.